The largest absolute Gasteiger partial charge is 0.489 e. The molecule has 11 nitrogen and oxygen atoms in total. The third-order valence-corrected chi connectivity index (χ3v) is 7.61. The van der Waals surface area contributed by atoms with Gasteiger partial charge in [-0.05, 0) is 59.6 Å². The van der Waals surface area contributed by atoms with Crippen LogP contribution in [0.2, 0.25) is 0 Å². The number of carbonyl (C=O) groups is 2. The van der Waals surface area contributed by atoms with Gasteiger partial charge >= 0.3 is 5.97 Å². The second-order valence-electron chi connectivity index (χ2n) is 12.1. The molecule has 1 atom stereocenters. The zero-order valence-corrected chi connectivity index (χ0v) is 25.1. The number of halogens is 1. The van der Waals surface area contributed by atoms with E-state index in [4.69, 9.17) is 14.2 Å². The van der Waals surface area contributed by atoms with Crippen molar-refractivity contribution in [2.24, 2.45) is 0 Å². The van der Waals surface area contributed by atoms with Gasteiger partial charge in [0.2, 0.25) is 0 Å². The Bertz CT molecular complexity index is 1550. The molecule has 2 aromatic heterocycles. The number of piperidine rings is 1. The van der Waals surface area contributed by atoms with Crippen molar-refractivity contribution in [3.63, 3.8) is 0 Å². The highest BCUT2D eigenvalue weighted by Crippen LogP contribution is 2.37. The van der Waals surface area contributed by atoms with Gasteiger partial charge in [0.25, 0.3) is 5.91 Å². The van der Waals surface area contributed by atoms with Crippen LogP contribution < -0.4 is 15.0 Å². The summed E-state index contributed by atoms with van der Waals surface area (Å²) in [6, 6.07) is 5.72. The van der Waals surface area contributed by atoms with E-state index >= 15 is 0 Å². The van der Waals surface area contributed by atoms with Gasteiger partial charge < -0.3 is 29.5 Å². The van der Waals surface area contributed by atoms with Crippen molar-refractivity contribution in [2.45, 2.75) is 71.3 Å². The molecule has 2 N–H and O–H groups in total. The van der Waals surface area contributed by atoms with Crippen LogP contribution in [0.4, 0.5) is 10.2 Å². The first-order chi connectivity index (χ1) is 20.3. The lowest BCUT2D eigenvalue weighted by Crippen LogP contribution is -2.45. The molecule has 12 heteroatoms. The zero-order valence-electron chi connectivity index (χ0n) is 25.1. The summed E-state index contributed by atoms with van der Waals surface area (Å²) >= 11 is 0. The van der Waals surface area contributed by atoms with Gasteiger partial charge in [-0.15, -0.1) is 0 Å². The highest BCUT2D eigenvalue weighted by molar-refractivity contribution is 5.93. The fourth-order valence-electron chi connectivity index (χ4n) is 5.36. The molecule has 6 rings (SSSR count). The highest BCUT2D eigenvalue weighted by atomic mass is 19.1. The summed E-state index contributed by atoms with van der Waals surface area (Å²) in [6.45, 7) is 11.0. The number of benzene rings is 1. The molecular weight excluding hydrogens is 557 g/mol. The Hall–Kier alpha value is -4.03. The molecule has 230 valence electrons. The Labute approximate surface area is 249 Å². The van der Waals surface area contributed by atoms with Crippen LogP contribution in [0, 0.1) is 12.7 Å². The van der Waals surface area contributed by atoms with Crippen molar-refractivity contribution in [2.75, 3.05) is 31.2 Å². The second-order valence-corrected chi connectivity index (χ2v) is 12.1. The molecule has 1 saturated heterocycles. The molecule has 0 radical (unpaired) electrons. The van der Waals surface area contributed by atoms with E-state index in [0.29, 0.717) is 66.6 Å². The normalized spacial score (nSPS) is 19.1. The predicted molar refractivity (Wildman–Crippen MR) is 157 cm³/mol. The molecule has 1 fully saturated rings. The number of nitrogens with one attached hydrogen (secondary N) is 1. The first kappa shape index (κ1) is 30.4. The van der Waals surface area contributed by atoms with Crippen LogP contribution in [0.15, 0.2) is 36.4 Å². The summed E-state index contributed by atoms with van der Waals surface area (Å²) in [5.74, 6) is -1.23. The zero-order chi connectivity index (χ0) is 30.9. The lowest BCUT2D eigenvalue weighted by Gasteiger charge is -2.41. The Morgan fingerprint density at radius 2 is 1.91 bits per heavy atom. The number of hydrogen-bond acceptors (Lipinski definition) is 8. The summed E-state index contributed by atoms with van der Waals surface area (Å²) in [5.41, 5.74) is 0.780. The first-order valence-corrected chi connectivity index (χ1v) is 14.4. The van der Waals surface area contributed by atoms with Crippen molar-refractivity contribution in [1.29, 1.82) is 0 Å². The number of rotatable bonds is 3. The van der Waals surface area contributed by atoms with E-state index in [9.17, 15) is 19.1 Å². The fourth-order valence-corrected chi connectivity index (χ4v) is 5.36. The smallest absolute Gasteiger partial charge is 0.337 e. The third kappa shape index (κ3) is 6.80. The maximum Gasteiger partial charge on any atom is 0.337 e. The highest BCUT2D eigenvalue weighted by Gasteiger charge is 2.38. The summed E-state index contributed by atoms with van der Waals surface area (Å²) in [5, 5.41) is 17.8. The van der Waals surface area contributed by atoms with Crippen LogP contribution in [0.1, 0.15) is 73.9 Å². The van der Waals surface area contributed by atoms with Gasteiger partial charge in [-0.3, -0.25) is 4.79 Å². The van der Waals surface area contributed by atoms with Gasteiger partial charge in [-0.25, -0.2) is 14.2 Å². The van der Waals surface area contributed by atoms with Crippen LogP contribution >= 0.6 is 0 Å². The Kier molecular flexibility index (Phi) is 8.44. The molecule has 43 heavy (non-hydrogen) atoms. The summed E-state index contributed by atoms with van der Waals surface area (Å²) < 4.78 is 33.7. The number of anilines is 1. The number of carboxylic acid groups (broad SMARTS) is 1. The number of hydrogen-bond donors (Lipinski definition) is 2. The molecule has 1 amide bonds. The van der Waals surface area contributed by atoms with Gasteiger partial charge in [-0.1, -0.05) is 12.1 Å². The van der Waals surface area contributed by atoms with Crippen LogP contribution in [0.25, 0.3) is 5.65 Å². The molecule has 1 aromatic carbocycles. The van der Waals surface area contributed by atoms with Gasteiger partial charge in [0, 0.05) is 43.0 Å². The molecule has 0 spiro atoms. The van der Waals surface area contributed by atoms with E-state index in [1.165, 1.54) is 16.6 Å². The molecule has 0 saturated carbocycles. The summed E-state index contributed by atoms with van der Waals surface area (Å²) in [7, 11) is 0. The molecule has 3 aliphatic rings. The third-order valence-electron chi connectivity index (χ3n) is 7.61. The van der Waals surface area contributed by atoms with Gasteiger partial charge in [0.15, 0.2) is 17.4 Å². The molecule has 3 aliphatic heterocycles. The van der Waals surface area contributed by atoms with Crippen molar-refractivity contribution in [3.05, 3.63) is 64.7 Å². The standard InChI is InChI=1S/C31H38FN5O6/c1-19-25(26(29(39)40)43-30(2,3)4)28-36-12-10-31(5,11-13-36)42-15-7-6-14-41-23-16-21(32)9-8-20(23)18-33-27(38)22-17-24(34-19)37(28)35-22/h6-9,16-17,26H,10-15,18H2,1-5H3,(H,33,38)(H,39,40)/b7-6+/t26-/m0/s1. The number of aryl methyl sites for hydroxylation is 1. The number of aromatic nitrogens is 3. The minimum absolute atomic E-state index is 0.0741. The number of carboxylic acids is 1. The summed E-state index contributed by atoms with van der Waals surface area (Å²) in [6.07, 6.45) is 3.70. The number of nitrogens with zero attached hydrogens (tertiary/aromatic N) is 4. The number of amides is 1. The minimum atomic E-state index is -1.32. The number of aliphatic carboxylic acids is 1. The van der Waals surface area contributed by atoms with Crippen LogP contribution in [-0.2, 0) is 20.8 Å². The Morgan fingerprint density at radius 3 is 2.60 bits per heavy atom. The van der Waals surface area contributed by atoms with Crippen molar-refractivity contribution >= 4 is 23.3 Å². The molecule has 3 aromatic rings. The average molecular weight is 596 g/mol. The van der Waals surface area contributed by atoms with Crippen LogP contribution in [0.3, 0.4) is 0 Å². The Balaban J connectivity index is 1.62. The van der Waals surface area contributed by atoms with Gasteiger partial charge in [0.05, 0.1) is 23.4 Å². The molecule has 0 unspecified atom stereocenters. The lowest BCUT2D eigenvalue weighted by molar-refractivity contribution is -0.160. The van der Waals surface area contributed by atoms with Crippen LogP contribution in [0.5, 0.6) is 5.75 Å². The minimum Gasteiger partial charge on any atom is -0.489 e. The van der Waals surface area contributed by atoms with E-state index < -0.39 is 35.0 Å². The monoisotopic (exact) mass is 595 g/mol. The molecule has 0 aliphatic carbocycles. The number of fused-ring (bicyclic) bond motifs is 8. The molecule has 5 heterocycles. The van der Waals surface area contributed by atoms with Crippen LogP contribution in [-0.4, -0.2) is 69.1 Å². The van der Waals surface area contributed by atoms with Crippen molar-refractivity contribution in [3.8, 4) is 5.75 Å². The fraction of sp³-hybridized carbons (Fsp3) is 0.484. The molecular formula is C31H38FN5O6. The van der Waals surface area contributed by atoms with E-state index in [1.807, 2.05) is 12.2 Å². The maximum atomic E-state index is 14.0. The van der Waals surface area contributed by atoms with E-state index in [2.05, 4.69) is 27.2 Å². The predicted octanol–water partition coefficient (Wildman–Crippen LogP) is 4.37. The maximum absolute atomic E-state index is 14.0. The van der Waals surface area contributed by atoms with E-state index in [0.717, 1.165) is 0 Å². The summed E-state index contributed by atoms with van der Waals surface area (Å²) in [4.78, 5) is 32.7. The lowest BCUT2D eigenvalue weighted by atomic mass is 9.92. The second kappa shape index (κ2) is 11.9. The number of carbonyl (C=O) groups excluding carboxylic acids is 1. The van der Waals surface area contributed by atoms with Gasteiger partial charge in [-0.2, -0.15) is 9.61 Å². The first-order valence-electron chi connectivity index (χ1n) is 14.4. The van der Waals surface area contributed by atoms with E-state index in [-0.39, 0.29) is 18.8 Å². The average Bonchev–Trinajstić information content (AvgIpc) is 3.35. The number of ether oxygens (including phenoxy) is 3. The van der Waals surface area contributed by atoms with Crippen molar-refractivity contribution in [1.82, 2.24) is 19.9 Å². The van der Waals surface area contributed by atoms with Gasteiger partial charge in [0.1, 0.15) is 24.0 Å². The van der Waals surface area contributed by atoms with Crippen molar-refractivity contribution < 1.29 is 33.3 Å². The quantitative estimate of drug-likeness (QED) is 0.424. The molecule has 4 bridgehead atoms. The Morgan fingerprint density at radius 1 is 1.19 bits per heavy atom. The SMILES string of the molecule is Cc1nc2cc3nn2c(c1[C@H](OC(C)(C)C)C(=O)O)N1CCC(C)(CC1)OC/C=C/COc1cc(F)ccc1CNC3=O. The van der Waals surface area contributed by atoms with E-state index in [1.54, 1.807) is 39.8 Å². The topological polar surface area (TPSA) is 128 Å².